The lowest BCUT2D eigenvalue weighted by molar-refractivity contribution is 0.165. The second-order valence-electron chi connectivity index (χ2n) is 10.4. The van der Waals surface area contributed by atoms with Gasteiger partial charge < -0.3 is 25.0 Å². The number of ether oxygens (including phenoxy) is 2. The number of nitrogens with zero attached hydrogens (tertiary/aromatic N) is 2. The van der Waals surface area contributed by atoms with Gasteiger partial charge in [-0.25, -0.2) is 0 Å². The summed E-state index contributed by atoms with van der Waals surface area (Å²) in [5, 5.41) is 8.39. The minimum Gasteiger partial charge on any atom is -0.493 e. The first-order valence-electron chi connectivity index (χ1n) is 12.6. The molecule has 6 rings (SSSR count). The maximum Gasteiger partial charge on any atom is 0.163 e. The Morgan fingerprint density at radius 2 is 2.12 bits per heavy atom. The fourth-order valence-corrected chi connectivity index (χ4v) is 5.77. The Morgan fingerprint density at radius 3 is 2.88 bits per heavy atom. The molecule has 2 saturated heterocycles. The monoisotopic (exact) mass is 436 g/mol. The van der Waals surface area contributed by atoms with Crippen LogP contribution in [-0.2, 0) is 12.8 Å². The van der Waals surface area contributed by atoms with Gasteiger partial charge in [0.15, 0.2) is 11.5 Å². The van der Waals surface area contributed by atoms with Gasteiger partial charge in [0, 0.05) is 61.0 Å². The predicted octanol–water partition coefficient (Wildman–Crippen LogP) is 3.62. The molecule has 2 aliphatic heterocycles. The van der Waals surface area contributed by atoms with Crippen LogP contribution in [0.4, 0.5) is 5.69 Å². The van der Waals surface area contributed by atoms with Crippen LogP contribution in [0, 0.1) is 11.3 Å². The van der Waals surface area contributed by atoms with E-state index >= 15 is 0 Å². The summed E-state index contributed by atoms with van der Waals surface area (Å²) in [4.78, 5) is 7.63. The molecule has 3 heterocycles. The zero-order valence-corrected chi connectivity index (χ0v) is 19.3. The highest BCUT2D eigenvalue weighted by Gasteiger charge is 2.42. The number of nitrogens with one attached hydrogen (secondary N) is 2. The van der Waals surface area contributed by atoms with Crippen molar-refractivity contribution in [3.63, 3.8) is 0 Å². The summed E-state index contributed by atoms with van der Waals surface area (Å²) in [6.07, 6.45) is 8.50. The van der Waals surface area contributed by atoms with Crippen molar-refractivity contribution < 1.29 is 9.47 Å². The first kappa shape index (κ1) is 20.5. The van der Waals surface area contributed by atoms with Crippen molar-refractivity contribution in [2.75, 3.05) is 58.3 Å². The van der Waals surface area contributed by atoms with Crippen LogP contribution in [0.3, 0.4) is 0 Å². The first-order valence-corrected chi connectivity index (χ1v) is 12.6. The van der Waals surface area contributed by atoms with Gasteiger partial charge in [-0.15, -0.1) is 0 Å². The average Bonchev–Trinajstić information content (AvgIpc) is 3.30. The number of hydrogen-bond donors (Lipinski definition) is 2. The van der Waals surface area contributed by atoms with E-state index in [1.165, 1.54) is 74.2 Å². The molecule has 2 N–H and O–H groups in total. The molecule has 0 atom stereocenters. The third kappa shape index (κ3) is 3.92. The molecule has 1 aromatic carbocycles. The van der Waals surface area contributed by atoms with Crippen LogP contribution in [0.1, 0.15) is 43.4 Å². The van der Waals surface area contributed by atoms with Crippen LogP contribution in [0.15, 0.2) is 12.1 Å². The minimum atomic E-state index is 0.569. The molecule has 0 amide bonds. The first-order chi connectivity index (χ1) is 15.7. The molecule has 1 saturated carbocycles. The van der Waals surface area contributed by atoms with Gasteiger partial charge in [-0.1, -0.05) is 0 Å². The van der Waals surface area contributed by atoms with E-state index in [1.54, 1.807) is 7.11 Å². The Morgan fingerprint density at radius 1 is 1.22 bits per heavy atom. The number of rotatable bonds is 9. The van der Waals surface area contributed by atoms with Crippen molar-refractivity contribution >= 4 is 16.6 Å². The largest absolute Gasteiger partial charge is 0.493 e. The van der Waals surface area contributed by atoms with Crippen LogP contribution in [0.25, 0.3) is 10.9 Å². The van der Waals surface area contributed by atoms with Crippen molar-refractivity contribution in [3.05, 3.63) is 23.4 Å². The molecular formula is C26H36N4O2. The highest BCUT2D eigenvalue weighted by molar-refractivity contribution is 5.96. The third-order valence-electron chi connectivity index (χ3n) is 7.96. The van der Waals surface area contributed by atoms with Crippen molar-refractivity contribution in [3.8, 4) is 11.5 Å². The van der Waals surface area contributed by atoms with Gasteiger partial charge in [-0.3, -0.25) is 4.98 Å². The summed E-state index contributed by atoms with van der Waals surface area (Å²) < 4.78 is 12.0. The molecular weight excluding hydrogens is 400 g/mol. The van der Waals surface area contributed by atoms with Gasteiger partial charge in [0.05, 0.1) is 19.2 Å². The molecule has 0 radical (unpaired) electrons. The molecule has 1 spiro atoms. The highest BCUT2D eigenvalue weighted by atomic mass is 16.5. The van der Waals surface area contributed by atoms with E-state index in [9.17, 15) is 0 Å². The Kier molecular flexibility index (Phi) is 5.38. The van der Waals surface area contributed by atoms with E-state index < -0.39 is 0 Å². The number of aromatic nitrogens is 1. The molecule has 32 heavy (non-hydrogen) atoms. The third-order valence-corrected chi connectivity index (χ3v) is 7.96. The zero-order chi connectivity index (χ0) is 21.5. The molecule has 0 unspecified atom stereocenters. The van der Waals surface area contributed by atoms with Gasteiger partial charge in [-0.05, 0) is 69.0 Å². The van der Waals surface area contributed by atoms with Crippen LogP contribution < -0.4 is 20.1 Å². The van der Waals surface area contributed by atoms with Gasteiger partial charge in [0.1, 0.15) is 0 Å². The maximum absolute atomic E-state index is 6.23. The van der Waals surface area contributed by atoms with Crippen LogP contribution >= 0.6 is 0 Å². The molecule has 2 aromatic rings. The molecule has 172 valence electrons. The van der Waals surface area contributed by atoms with Gasteiger partial charge in [0.25, 0.3) is 0 Å². The summed E-state index contributed by atoms with van der Waals surface area (Å²) in [5.74, 6) is 2.47. The molecule has 4 aliphatic rings. The minimum absolute atomic E-state index is 0.569. The van der Waals surface area contributed by atoms with E-state index in [2.05, 4.69) is 27.7 Å². The van der Waals surface area contributed by atoms with Crippen molar-refractivity contribution in [2.24, 2.45) is 11.3 Å². The number of benzene rings is 1. The van der Waals surface area contributed by atoms with Gasteiger partial charge >= 0.3 is 0 Å². The average molecular weight is 437 g/mol. The number of hydrogen-bond acceptors (Lipinski definition) is 6. The summed E-state index contributed by atoms with van der Waals surface area (Å²) in [6.45, 7) is 7.75. The van der Waals surface area contributed by atoms with Gasteiger partial charge in [0.2, 0.25) is 0 Å². The quantitative estimate of drug-likeness (QED) is 0.586. The predicted molar refractivity (Wildman–Crippen MR) is 128 cm³/mol. The van der Waals surface area contributed by atoms with Gasteiger partial charge in [-0.2, -0.15) is 0 Å². The topological polar surface area (TPSA) is 58.6 Å². The van der Waals surface area contributed by atoms with E-state index in [-0.39, 0.29) is 0 Å². The fraction of sp³-hybridized carbons (Fsp3) is 0.654. The maximum atomic E-state index is 6.23. The lowest BCUT2D eigenvalue weighted by Gasteiger charge is -2.39. The standard InChI is InChI=1S/C26H36N4O2/c1-31-23-12-20-22(29-21-5-2-4-19(21)25(20)28-14-18-6-7-18)13-24(23)32-11-3-9-30-10-8-26(17-30)15-27-16-26/h12-13,18,27H,2-11,14-17H2,1H3,(H,28,29). The highest BCUT2D eigenvalue weighted by Crippen LogP contribution is 2.40. The fourth-order valence-electron chi connectivity index (χ4n) is 5.77. The van der Waals surface area contributed by atoms with E-state index in [0.29, 0.717) is 12.0 Å². The molecule has 3 fully saturated rings. The van der Waals surface area contributed by atoms with Crippen LogP contribution in [0.5, 0.6) is 11.5 Å². The van der Waals surface area contributed by atoms with E-state index in [4.69, 9.17) is 14.5 Å². The summed E-state index contributed by atoms with van der Waals surface area (Å²) in [6, 6.07) is 4.24. The summed E-state index contributed by atoms with van der Waals surface area (Å²) >= 11 is 0. The smallest absolute Gasteiger partial charge is 0.163 e. The number of aryl methyl sites for hydroxylation is 1. The van der Waals surface area contributed by atoms with Crippen molar-refractivity contribution in [1.29, 1.82) is 0 Å². The number of fused-ring (bicyclic) bond motifs is 2. The number of likely N-dealkylation sites (tertiary alicyclic amines) is 1. The molecule has 1 aromatic heterocycles. The number of anilines is 1. The second kappa shape index (κ2) is 8.38. The van der Waals surface area contributed by atoms with Crippen molar-refractivity contribution in [1.82, 2.24) is 15.2 Å². The lowest BCUT2D eigenvalue weighted by Crippen LogP contribution is -2.54. The molecule has 6 heteroatoms. The van der Waals surface area contributed by atoms with Crippen molar-refractivity contribution in [2.45, 2.75) is 44.9 Å². The molecule has 6 nitrogen and oxygen atoms in total. The van der Waals surface area contributed by atoms with E-state index in [1.807, 2.05) is 0 Å². The normalized spacial score (nSPS) is 21.7. The second-order valence-corrected chi connectivity index (χ2v) is 10.4. The lowest BCUT2D eigenvalue weighted by atomic mass is 9.81. The zero-order valence-electron chi connectivity index (χ0n) is 19.3. The Hall–Kier alpha value is -2.05. The van der Waals surface area contributed by atoms with Crippen LogP contribution in [0.2, 0.25) is 0 Å². The summed E-state index contributed by atoms with van der Waals surface area (Å²) in [5.41, 5.74) is 5.56. The Bertz CT molecular complexity index is 999. The molecule has 2 aliphatic carbocycles. The SMILES string of the molecule is COc1cc2c(NCC3CC3)c3c(nc2cc1OCCCN1CCC2(CNC2)C1)CCC3. The Labute approximate surface area is 191 Å². The van der Waals surface area contributed by atoms with E-state index in [0.717, 1.165) is 55.3 Å². The molecule has 0 bridgehead atoms. The summed E-state index contributed by atoms with van der Waals surface area (Å²) in [7, 11) is 1.74. The van der Waals surface area contributed by atoms with Crippen LogP contribution in [-0.4, -0.2) is 62.9 Å². The number of methoxy groups -OCH3 is 1. The number of pyridine rings is 1. The Balaban J connectivity index is 1.16.